The number of fused-ring (bicyclic) bond motifs is 4. The minimum Gasteiger partial charge on any atom is -0.481 e. The summed E-state index contributed by atoms with van der Waals surface area (Å²) in [6.45, 7) is 2.43. The van der Waals surface area contributed by atoms with Gasteiger partial charge in [0, 0.05) is 18.7 Å². The highest BCUT2D eigenvalue weighted by atomic mass is 19.1. The van der Waals surface area contributed by atoms with Crippen LogP contribution in [0.5, 0.6) is 5.75 Å². The average molecular weight is 773 g/mol. The molecule has 4 aromatic carbocycles. The molecule has 290 valence electrons. The molecule has 3 aliphatic rings. The number of nitrogens with one attached hydrogen (secondary N) is 1. The van der Waals surface area contributed by atoms with Crippen molar-refractivity contribution in [2.75, 3.05) is 29.9 Å². The van der Waals surface area contributed by atoms with Crippen LogP contribution < -0.4 is 15.1 Å². The van der Waals surface area contributed by atoms with Crippen LogP contribution in [0.2, 0.25) is 0 Å². The Labute approximate surface area is 325 Å². The first-order valence-electron chi connectivity index (χ1n) is 18.6. The minimum absolute atomic E-state index is 0.0209. The van der Waals surface area contributed by atoms with Crippen LogP contribution in [0.25, 0.3) is 22.5 Å². The van der Waals surface area contributed by atoms with Crippen molar-refractivity contribution < 1.29 is 32.7 Å². The van der Waals surface area contributed by atoms with Crippen LogP contribution in [0.1, 0.15) is 35.7 Å². The standard InChI is InChI=1S/C21H19FN4O2.C12H12FN3.C9H7NO3/c22-16-7-9-17(10-8-16)26-18-5-3-11-25(19(18)12-23-26)21(27)14-24-13-15-4-1-2-6-20(15)28-24;13-9-3-5-10(6-4-9)16-12-2-1-7-14-11(12)8-15-16;11-9(12)5-8-10-6-3-1-2-4-7(6)13-8/h1-2,4,6-10,12H,3,5,11,13-14H2;3-6,8,14H,1-2,7H2;1-4H,5H2,(H,11,12). The summed E-state index contributed by atoms with van der Waals surface area (Å²) in [4.78, 5) is 34.9. The van der Waals surface area contributed by atoms with E-state index in [1.807, 2.05) is 47.3 Å². The molecule has 0 unspecified atom stereocenters. The number of hydrogen-bond acceptors (Lipinski definition) is 9. The lowest BCUT2D eigenvalue weighted by molar-refractivity contribution is -0.136. The Morgan fingerprint density at radius 1 is 0.789 bits per heavy atom. The molecule has 13 nitrogen and oxygen atoms in total. The summed E-state index contributed by atoms with van der Waals surface area (Å²) < 4.78 is 34.9. The van der Waals surface area contributed by atoms with Crippen LogP contribution in [0, 0.1) is 11.6 Å². The molecule has 1 amide bonds. The normalized spacial score (nSPS) is 14.2. The molecular formula is C42H38F2N8O5. The van der Waals surface area contributed by atoms with Crippen LogP contribution in [0.15, 0.2) is 114 Å². The molecule has 15 heteroatoms. The van der Waals surface area contributed by atoms with E-state index >= 15 is 0 Å². The van der Waals surface area contributed by atoms with Gasteiger partial charge in [0.15, 0.2) is 11.3 Å². The topological polar surface area (TPSA) is 144 Å². The summed E-state index contributed by atoms with van der Waals surface area (Å²) in [5, 5.41) is 22.3. The van der Waals surface area contributed by atoms with E-state index in [4.69, 9.17) is 14.4 Å². The summed E-state index contributed by atoms with van der Waals surface area (Å²) in [6, 6.07) is 27.6. The van der Waals surface area contributed by atoms with E-state index < -0.39 is 5.97 Å². The number of nitrogens with zero attached hydrogens (tertiary/aromatic N) is 7. The van der Waals surface area contributed by atoms with Gasteiger partial charge in [-0.15, -0.1) is 5.06 Å². The number of carboxylic acids is 1. The zero-order valence-corrected chi connectivity index (χ0v) is 30.7. The molecule has 0 radical (unpaired) electrons. The fourth-order valence-corrected chi connectivity index (χ4v) is 6.99. The Kier molecular flexibility index (Phi) is 10.7. The third kappa shape index (κ3) is 8.38. The Morgan fingerprint density at radius 2 is 1.46 bits per heavy atom. The molecule has 0 aliphatic carbocycles. The lowest BCUT2D eigenvalue weighted by Gasteiger charge is -2.28. The lowest BCUT2D eigenvalue weighted by Crippen LogP contribution is -2.42. The molecule has 0 fully saturated rings. The molecule has 2 N–H and O–H groups in total. The van der Waals surface area contributed by atoms with Crippen LogP contribution >= 0.6 is 0 Å². The van der Waals surface area contributed by atoms with Crippen LogP contribution in [0.3, 0.4) is 0 Å². The van der Waals surface area contributed by atoms with E-state index in [0.29, 0.717) is 24.2 Å². The number of para-hydroxylation sites is 3. The molecule has 3 aliphatic heterocycles. The second kappa shape index (κ2) is 16.5. The van der Waals surface area contributed by atoms with E-state index in [1.54, 1.807) is 57.2 Å². The lowest BCUT2D eigenvalue weighted by atomic mass is 10.1. The van der Waals surface area contributed by atoms with Crippen molar-refractivity contribution >= 4 is 34.4 Å². The Balaban J connectivity index is 0.000000132. The van der Waals surface area contributed by atoms with Crippen molar-refractivity contribution in [1.82, 2.24) is 29.6 Å². The maximum Gasteiger partial charge on any atom is 0.312 e. The van der Waals surface area contributed by atoms with E-state index in [0.717, 1.165) is 72.0 Å². The van der Waals surface area contributed by atoms with Gasteiger partial charge in [0.05, 0.1) is 53.1 Å². The summed E-state index contributed by atoms with van der Waals surface area (Å²) in [5.74, 6) is -0.414. The van der Waals surface area contributed by atoms with E-state index in [-0.39, 0.29) is 36.4 Å². The number of carboxylic acid groups (broad SMARTS) is 1. The summed E-state index contributed by atoms with van der Waals surface area (Å²) in [6.07, 6.45) is 7.18. The van der Waals surface area contributed by atoms with E-state index in [1.165, 1.54) is 30.0 Å². The predicted molar refractivity (Wildman–Crippen MR) is 207 cm³/mol. The van der Waals surface area contributed by atoms with Gasteiger partial charge >= 0.3 is 5.97 Å². The van der Waals surface area contributed by atoms with Gasteiger partial charge in [-0.3, -0.25) is 9.59 Å². The fraction of sp³-hybridized carbons (Fsp3) is 0.214. The average Bonchev–Trinajstić information content (AvgIpc) is 4.03. The van der Waals surface area contributed by atoms with Crippen molar-refractivity contribution in [3.63, 3.8) is 0 Å². The number of carbonyl (C=O) groups excluding carboxylic acids is 1. The largest absolute Gasteiger partial charge is 0.481 e. The number of anilines is 2. The highest BCUT2D eigenvalue weighted by Crippen LogP contribution is 2.31. The van der Waals surface area contributed by atoms with Crippen molar-refractivity contribution in [1.29, 1.82) is 0 Å². The molecule has 0 atom stereocenters. The molecule has 0 spiro atoms. The smallest absolute Gasteiger partial charge is 0.312 e. The SMILES string of the molecule is Fc1ccc(-n2ncc3c2CCCN3)cc1.O=C(CN1Cc2ccccc2O1)N1CCCc2c1cnn2-c1ccc(F)cc1.O=C(O)Cc1nc2ccccc2o1. The van der Waals surface area contributed by atoms with E-state index in [9.17, 15) is 18.4 Å². The quantitative estimate of drug-likeness (QED) is 0.183. The number of rotatable bonds is 6. The van der Waals surface area contributed by atoms with Gasteiger partial charge in [-0.2, -0.15) is 10.2 Å². The van der Waals surface area contributed by atoms with Crippen molar-refractivity contribution in [3.8, 4) is 17.1 Å². The fourth-order valence-electron chi connectivity index (χ4n) is 6.99. The molecule has 3 aromatic heterocycles. The zero-order valence-electron chi connectivity index (χ0n) is 30.7. The van der Waals surface area contributed by atoms with Gasteiger partial charge in [-0.1, -0.05) is 30.3 Å². The molecule has 0 saturated carbocycles. The number of hydroxylamine groups is 2. The third-order valence-electron chi connectivity index (χ3n) is 9.65. The highest BCUT2D eigenvalue weighted by molar-refractivity contribution is 5.95. The summed E-state index contributed by atoms with van der Waals surface area (Å²) in [5.41, 5.74) is 8.15. The van der Waals surface area contributed by atoms with Gasteiger partial charge in [0.2, 0.25) is 11.8 Å². The van der Waals surface area contributed by atoms with Crippen molar-refractivity contribution in [2.24, 2.45) is 0 Å². The van der Waals surface area contributed by atoms with Crippen molar-refractivity contribution in [2.45, 2.75) is 38.6 Å². The molecule has 57 heavy (non-hydrogen) atoms. The zero-order chi connectivity index (χ0) is 39.3. The van der Waals surface area contributed by atoms with Gasteiger partial charge in [-0.05, 0) is 92.4 Å². The molecule has 0 bridgehead atoms. The maximum absolute atomic E-state index is 13.2. The summed E-state index contributed by atoms with van der Waals surface area (Å²) >= 11 is 0. The monoisotopic (exact) mass is 772 g/mol. The van der Waals surface area contributed by atoms with Crippen LogP contribution in [-0.2, 0) is 35.4 Å². The number of carbonyl (C=O) groups is 2. The van der Waals surface area contributed by atoms with Crippen LogP contribution in [0.4, 0.5) is 20.2 Å². The molecule has 6 heterocycles. The number of hydrogen-bond donors (Lipinski definition) is 2. The Morgan fingerprint density at radius 3 is 2.18 bits per heavy atom. The van der Waals surface area contributed by atoms with E-state index in [2.05, 4.69) is 20.5 Å². The number of oxazole rings is 1. The molecular weight excluding hydrogens is 735 g/mol. The first-order chi connectivity index (χ1) is 27.8. The number of halogens is 2. The predicted octanol–water partition coefficient (Wildman–Crippen LogP) is 6.92. The molecule has 7 aromatic rings. The van der Waals surface area contributed by atoms with Gasteiger partial charge in [-0.25, -0.2) is 23.1 Å². The van der Waals surface area contributed by atoms with Gasteiger partial charge in [0.1, 0.15) is 30.1 Å². The minimum atomic E-state index is -0.938. The van der Waals surface area contributed by atoms with Gasteiger partial charge < -0.3 is 24.6 Å². The second-order valence-corrected chi connectivity index (χ2v) is 13.6. The number of aromatic nitrogens is 5. The Hall–Kier alpha value is -6.87. The number of aliphatic carboxylic acids is 1. The third-order valence-corrected chi connectivity index (χ3v) is 9.65. The molecule has 10 rings (SSSR count). The first-order valence-corrected chi connectivity index (χ1v) is 18.6. The van der Waals surface area contributed by atoms with Gasteiger partial charge in [0.25, 0.3) is 0 Å². The van der Waals surface area contributed by atoms with Crippen molar-refractivity contribution in [3.05, 3.63) is 144 Å². The second-order valence-electron chi connectivity index (χ2n) is 13.6. The molecule has 0 saturated heterocycles. The number of benzene rings is 4. The number of amides is 1. The Bertz CT molecular complexity index is 2460. The summed E-state index contributed by atoms with van der Waals surface area (Å²) in [7, 11) is 0. The highest BCUT2D eigenvalue weighted by Gasteiger charge is 2.30. The maximum atomic E-state index is 13.2. The first kappa shape index (κ1) is 37.1. The van der Waals surface area contributed by atoms with Crippen LogP contribution in [-0.4, -0.2) is 66.2 Å².